The zero-order chi connectivity index (χ0) is 14.8. The molecule has 6 heteroatoms. The van der Waals surface area contributed by atoms with Gasteiger partial charge >= 0.3 is 6.36 Å². The van der Waals surface area contributed by atoms with E-state index in [0.717, 1.165) is 9.75 Å². The van der Waals surface area contributed by atoms with Gasteiger partial charge in [0.1, 0.15) is 5.75 Å². The van der Waals surface area contributed by atoms with Crippen molar-refractivity contribution >= 4 is 11.3 Å². The lowest BCUT2D eigenvalue weighted by Gasteiger charge is -2.19. The molecule has 0 bridgehead atoms. The first-order valence-electron chi connectivity index (χ1n) is 5.99. The third-order valence-corrected chi connectivity index (χ3v) is 3.86. The Hall–Kier alpha value is -1.53. The maximum Gasteiger partial charge on any atom is 0.573 e. The van der Waals surface area contributed by atoms with Gasteiger partial charge in [0.15, 0.2) is 0 Å². The van der Waals surface area contributed by atoms with Gasteiger partial charge < -0.3 is 10.1 Å². The molecule has 0 aliphatic heterocycles. The van der Waals surface area contributed by atoms with Gasteiger partial charge in [-0.25, -0.2) is 0 Å². The van der Waals surface area contributed by atoms with Gasteiger partial charge in [-0.15, -0.1) is 24.5 Å². The van der Waals surface area contributed by atoms with Crippen molar-refractivity contribution in [3.05, 3.63) is 51.7 Å². The minimum atomic E-state index is -4.69. The molecule has 2 rings (SSSR count). The lowest BCUT2D eigenvalue weighted by Crippen LogP contribution is -2.22. The standard InChI is InChI=1S/C14H14F3NOS/c1-9-7-8-12(20-9)13(18-2)10-5-3-4-6-11(10)19-14(15,16)17/h3-8,13,18H,1-2H3. The van der Waals surface area contributed by atoms with Crippen LogP contribution in [0.25, 0.3) is 0 Å². The van der Waals surface area contributed by atoms with Crippen LogP contribution in [0.2, 0.25) is 0 Å². The fourth-order valence-electron chi connectivity index (χ4n) is 2.00. The quantitative estimate of drug-likeness (QED) is 0.911. The molecule has 1 heterocycles. The lowest BCUT2D eigenvalue weighted by atomic mass is 10.0. The Morgan fingerprint density at radius 2 is 1.85 bits per heavy atom. The van der Waals surface area contributed by atoms with E-state index < -0.39 is 6.36 Å². The first kappa shape index (κ1) is 14.9. The van der Waals surface area contributed by atoms with Crippen molar-refractivity contribution in [1.82, 2.24) is 5.32 Å². The highest BCUT2D eigenvalue weighted by Gasteiger charge is 2.33. The summed E-state index contributed by atoms with van der Waals surface area (Å²) < 4.78 is 41.5. The van der Waals surface area contributed by atoms with Crippen LogP contribution >= 0.6 is 11.3 Å². The summed E-state index contributed by atoms with van der Waals surface area (Å²) in [6.07, 6.45) is -4.69. The molecule has 1 aromatic carbocycles. The third kappa shape index (κ3) is 3.52. The summed E-state index contributed by atoms with van der Waals surface area (Å²) in [5, 5.41) is 3.04. The molecular weight excluding hydrogens is 287 g/mol. The topological polar surface area (TPSA) is 21.3 Å². The number of benzene rings is 1. The zero-order valence-corrected chi connectivity index (χ0v) is 11.8. The molecule has 0 saturated heterocycles. The number of halogens is 3. The highest BCUT2D eigenvalue weighted by Crippen LogP contribution is 2.35. The molecule has 0 fully saturated rings. The summed E-state index contributed by atoms with van der Waals surface area (Å²) in [5.74, 6) is -0.176. The van der Waals surface area contributed by atoms with Gasteiger partial charge in [-0.2, -0.15) is 0 Å². The number of aryl methyl sites for hydroxylation is 1. The van der Waals surface area contributed by atoms with Gasteiger partial charge in [0.05, 0.1) is 6.04 Å². The third-order valence-electron chi connectivity index (χ3n) is 2.79. The molecule has 0 aliphatic rings. The number of alkyl halides is 3. The van der Waals surface area contributed by atoms with E-state index in [0.29, 0.717) is 5.56 Å². The van der Waals surface area contributed by atoms with Gasteiger partial charge in [-0.3, -0.25) is 0 Å². The van der Waals surface area contributed by atoms with Gasteiger partial charge in [0, 0.05) is 15.3 Å². The average Bonchev–Trinajstić information content (AvgIpc) is 2.77. The Kier molecular flexibility index (Phi) is 4.35. The van der Waals surface area contributed by atoms with Crippen LogP contribution in [0.15, 0.2) is 36.4 Å². The van der Waals surface area contributed by atoms with Gasteiger partial charge in [0.25, 0.3) is 0 Å². The summed E-state index contributed by atoms with van der Waals surface area (Å²) in [4.78, 5) is 2.05. The second-order valence-corrected chi connectivity index (χ2v) is 5.58. The van der Waals surface area contributed by atoms with Crippen LogP contribution in [-0.4, -0.2) is 13.4 Å². The van der Waals surface area contributed by atoms with E-state index >= 15 is 0 Å². The first-order chi connectivity index (χ1) is 9.40. The normalized spacial score (nSPS) is 13.2. The predicted octanol–water partition coefficient (Wildman–Crippen LogP) is 4.26. The van der Waals surface area contributed by atoms with Crippen LogP contribution < -0.4 is 10.1 Å². The molecule has 0 aliphatic carbocycles. The summed E-state index contributed by atoms with van der Waals surface area (Å²) in [6.45, 7) is 1.96. The minimum Gasteiger partial charge on any atom is -0.405 e. The maximum atomic E-state index is 12.5. The molecule has 2 aromatic rings. The zero-order valence-electron chi connectivity index (χ0n) is 11.0. The van der Waals surface area contributed by atoms with Crippen molar-refractivity contribution < 1.29 is 17.9 Å². The SMILES string of the molecule is CNC(c1ccc(C)s1)c1ccccc1OC(F)(F)F. The Bertz CT molecular complexity index is 580. The van der Waals surface area contributed by atoms with Gasteiger partial charge in [-0.1, -0.05) is 18.2 Å². The lowest BCUT2D eigenvalue weighted by molar-refractivity contribution is -0.275. The highest BCUT2D eigenvalue weighted by molar-refractivity contribution is 7.12. The Morgan fingerprint density at radius 3 is 2.40 bits per heavy atom. The van der Waals surface area contributed by atoms with E-state index in [9.17, 15) is 13.2 Å². The Balaban J connectivity index is 2.39. The number of para-hydroxylation sites is 1. The van der Waals surface area contributed by atoms with Crippen molar-refractivity contribution in [2.75, 3.05) is 7.05 Å². The van der Waals surface area contributed by atoms with E-state index in [1.54, 1.807) is 30.5 Å². The second kappa shape index (κ2) is 5.85. The largest absolute Gasteiger partial charge is 0.573 e. The van der Waals surface area contributed by atoms with E-state index in [1.165, 1.54) is 12.1 Å². The van der Waals surface area contributed by atoms with Crippen molar-refractivity contribution in [1.29, 1.82) is 0 Å². The molecule has 1 atom stereocenters. The average molecular weight is 301 g/mol. The number of nitrogens with one attached hydrogen (secondary N) is 1. The predicted molar refractivity (Wildman–Crippen MR) is 73.1 cm³/mol. The van der Waals surface area contributed by atoms with E-state index in [2.05, 4.69) is 10.1 Å². The van der Waals surface area contributed by atoms with Crippen LogP contribution in [0.5, 0.6) is 5.75 Å². The molecule has 0 radical (unpaired) electrons. The van der Waals surface area contributed by atoms with Crippen LogP contribution in [0, 0.1) is 6.92 Å². The van der Waals surface area contributed by atoms with Crippen molar-refractivity contribution in [3.8, 4) is 5.75 Å². The molecule has 108 valence electrons. The summed E-state index contributed by atoms with van der Waals surface area (Å²) in [5.41, 5.74) is 0.467. The maximum absolute atomic E-state index is 12.5. The second-order valence-electron chi connectivity index (χ2n) is 4.26. The monoisotopic (exact) mass is 301 g/mol. The summed E-state index contributed by atoms with van der Waals surface area (Å²) >= 11 is 1.54. The smallest absolute Gasteiger partial charge is 0.405 e. The number of hydrogen-bond acceptors (Lipinski definition) is 3. The number of hydrogen-bond donors (Lipinski definition) is 1. The minimum absolute atomic E-state index is 0.176. The molecule has 1 aromatic heterocycles. The van der Waals surface area contributed by atoms with Crippen molar-refractivity contribution in [2.45, 2.75) is 19.3 Å². The number of thiophene rings is 1. The molecule has 2 nitrogen and oxygen atoms in total. The van der Waals surface area contributed by atoms with Crippen LogP contribution in [0.1, 0.15) is 21.4 Å². The van der Waals surface area contributed by atoms with E-state index in [-0.39, 0.29) is 11.8 Å². The highest BCUT2D eigenvalue weighted by atomic mass is 32.1. The molecule has 20 heavy (non-hydrogen) atoms. The van der Waals surface area contributed by atoms with Crippen molar-refractivity contribution in [3.63, 3.8) is 0 Å². The first-order valence-corrected chi connectivity index (χ1v) is 6.80. The van der Waals surface area contributed by atoms with Gasteiger partial charge in [-0.05, 0) is 32.2 Å². The van der Waals surface area contributed by atoms with Crippen molar-refractivity contribution in [2.24, 2.45) is 0 Å². The van der Waals surface area contributed by atoms with Crippen LogP contribution in [0.3, 0.4) is 0 Å². The number of ether oxygens (including phenoxy) is 1. The van der Waals surface area contributed by atoms with Gasteiger partial charge in [0.2, 0.25) is 0 Å². The fraction of sp³-hybridized carbons (Fsp3) is 0.286. The molecule has 0 saturated carbocycles. The van der Waals surface area contributed by atoms with E-state index in [1.807, 2.05) is 19.1 Å². The molecule has 0 spiro atoms. The number of rotatable bonds is 4. The molecule has 1 unspecified atom stereocenters. The summed E-state index contributed by atoms with van der Waals surface area (Å²) in [6, 6.07) is 9.71. The molecular formula is C14H14F3NOS. The Labute approximate surface area is 119 Å². The van der Waals surface area contributed by atoms with E-state index in [4.69, 9.17) is 0 Å². The van der Waals surface area contributed by atoms with Crippen LogP contribution in [-0.2, 0) is 0 Å². The molecule has 0 amide bonds. The Morgan fingerprint density at radius 1 is 1.15 bits per heavy atom. The fourth-order valence-corrected chi connectivity index (χ4v) is 3.00. The summed E-state index contributed by atoms with van der Waals surface area (Å²) in [7, 11) is 1.71. The van der Waals surface area contributed by atoms with Crippen LogP contribution in [0.4, 0.5) is 13.2 Å². The molecule has 1 N–H and O–H groups in total.